The third-order valence-corrected chi connectivity index (χ3v) is 8.74. The lowest BCUT2D eigenvalue weighted by atomic mass is 9.98. The number of pyridine rings is 1. The fourth-order valence-electron chi connectivity index (χ4n) is 5.79. The molecule has 0 fully saturated rings. The number of halogens is 4. The number of benzene rings is 3. The highest BCUT2D eigenvalue weighted by Crippen LogP contribution is 2.27. The van der Waals surface area contributed by atoms with Gasteiger partial charge in [-0.25, -0.2) is 27.5 Å². The average molecular weight is 747 g/mol. The minimum absolute atomic E-state index is 0.0907. The van der Waals surface area contributed by atoms with E-state index in [9.17, 15) is 27.2 Å². The molecule has 7 rings (SSSR count). The molecule has 10 nitrogen and oxygen atoms in total. The van der Waals surface area contributed by atoms with Gasteiger partial charge in [0, 0.05) is 37.6 Å². The van der Waals surface area contributed by atoms with E-state index in [1.54, 1.807) is 18.6 Å². The molecule has 0 spiro atoms. The van der Waals surface area contributed by atoms with Gasteiger partial charge in [0.15, 0.2) is 11.6 Å². The molecule has 3 aromatic carbocycles. The number of carbonyl (C=O) groups excluding carboxylic acids is 2. The van der Waals surface area contributed by atoms with Gasteiger partial charge in [0.1, 0.15) is 34.4 Å². The molecule has 0 saturated heterocycles. The predicted octanol–water partition coefficient (Wildman–Crippen LogP) is 8.06. The minimum Gasteiger partial charge on any atom is -0.305 e. The molecule has 0 atom stereocenters. The van der Waals surface area contributed by atoms with Crippen molar-refractivity contribution in [1.82, 2.24) is 29.8 Å². The van der Waals surface area contributed by atoms with Crippen molar-refractivity contribution in [2.75, 3.05) is 23.7 Å². The fraction of sp³-hybridized carbons (Fsp3) is 0.146. The number of carbonyl (C=O) groups is 2. The molecule has 14 heteroatoms. The van der Waals surface area contributed by atoms with Crippen LogP contribution in [-0.2, 0) is 6.54 Å². The van der Waals surface area contributed by atoms with Crippen LogP contribution in [0.2, 0.25) is 0 Å². The maximum atomic E-state index is 13.8. The highest BCUT2D eigenvalue weighted by molar-refractivity contribution is 6.04. The number of rotatable bonds is 8. The Morgan fingerprint density at radius 2 is 1.20 bits per heavy atom. The van der Waals surface area contributed by atoms with Crippen LogP contribution in [0.25, 0.3) is 16.8 Å². The average Bonchev–Trinajstić information content (AvgIpc) is 3.17. The highest BCUT2D eigenvalue weighted by atomic mass is 19.1. The van der Waals surface area contributed by atoms with Gasteiger partial charge < -0.3 is 10.6 Å². The Bertz CT molecular complexity index is 2300. The van der Waals surface area contributed by atoms with E-state index in [2.05, 4.69) is 59.5 Å². The van der Waals surface area contributed by atoms with Crippen molar-refractivity contribution >= 4 is 29.0 Å². The van der Waals surface area contributed by atoms with Crippen LogP contribution in [0.4, 0.5) is 29.2 Å². The van der Waals surface area contributed by atoms with Gasteiger partial charge in [-0.15, -0.1) is 0 Å². The smallest absolute Gasteiger partial charge is 0.262 e. The zero-order valence-electron chi connectivity index (χ0n) is 29.7. The summed E-state index contributed by atoms with van der Waals surface area (Å²) in [6.07, 6.45) is 10.0. The minimum atomic E-state index is -0.942. The van der Waals surface area contributed by atoms with Gasteiger partial charge >= 0.3 is 0 Å². The Labute approximate surface area is 314 Å². The van der Waals surface area contributed by atoms with E-state index < -0.39 is 46.2 Å². The van der Waals surface area contributed by atoms with Gasteiger partial charge in [0.25, 0.3) is 11.8 Å². The molecule has 1 aliphatic heterocycles. The van der Waals surface area contributed by atoms with Crippen LogP contribution < -0.4 is 10.6 Å². The summed E-state index contributed by atoms with van der Waals surface area (Å²) in [5.41, 5.74) is 5.40. The third kappa shape index (κ3) is 9.47. The van der Waals surface area contributed by atoms with E-state index in [1.807, 2.05) is 31.2 Å². The van der Waals surface area contributed by atoms with E-state index in [0.29, 0.717) is 5.69 Å². The normalized spacial score (nSPS) is 12.8. The zero-order chi connectivity index (χ0) is 38.9. The lowest BCUT2D eigenvalue weighted by molar-refractivity contribution is 0.101. The molecule has 1 aliphatic rings. The molecule has 55 heavy (non-hydrogen) atoms. The molecule has 6 aromatic rings. The lowest BCUT2D eigenvalue weighted by Gasteiger charge is -2.29. The van der Waals surface area contributed by atoms with Crippen LogP contribution in [0.5, 0.6) is 0 Å². The van der Waals surface area contributed by atoms with Crippen LogP contribution in [0.15, 0.2) is 116 Å². The van der Waals surface area contributed by atoms with Gasteiger partial charge in [-0.1, -0.05) is 48.0 Å². The van der Waals surface area contributed by atoms with Gasteiger partial charge in [-0.3, -0.25) is 29.4 Å². The molecule has 4 heterocycles. The quantitative estimate of drug-likeness (QED) is 0.150. The largest absolute Gasteiger partial charge is 0.305 e. The summed E-state index contributed by atoms with van der Waals surface area (Å²) in [6, 6.07) is 18.6. The van der Waals surface area contributed by atoms with Crippen molar-refractivity contribution in [2.45, 2.75) is 26.8 Å². The molecule has 0 radical (unpaired) electrons. The first-order valence-corrected chi connectivity index (χ1v) is 17.1. The molecule has 0 aliphatic carbocycles. The van der Waals surface area contributed by atoms with Gasteiger partial charge in [-0.2, -0.15) is 0 Å². The molecular weight excluding hydrogens is 712 g/mol. The summed E-state index contributed by atoms with van der Waals surface area (Å²) in [6.45, 7) is 6.58. The Hall–Kier alpha value is -6.67. The zero-order valence-corrected chi connectivity index (χ0v) is 29.7. The molecule has 2 amide bonds. The second kappa shape index (κ2) is 17.4. The maximum Gasteiger partial charge on any atom is 0.262 e. The fourth-order valence-corrected chi connectivity index (χ4v) is 5.79. The van der Waals surface area contributed by atoms with Crippen molar-refractivity contribution in [3.8, 4) is 11.3 Å². The van der Waals surface area contributed by atoms with E-state index in [4.69, 9.17) is 0 Å². The molecular formula is C41H34F4N8O2. The Kier molecular flexibility index (Phi) is 12.1. The lowest BCUT2D eigenvalue weighted by Crippen LogP contribution is -2.30. The number of aromatic nitrogens is 5. The number of nitrogens with zero attached hydrogens (tertiary/aromatic N) is 6. The number of amides is 2. The van der Waals surface area contributed by atoms with Crippen molar-refractivity contribution < 1.29 is 27.2 Å². The Morgan fingerprint density at radius 3 is 1.71 bits per heavy atom. The van der Waals surface area contributed by atoms with Crippen LogP contribution >= 0.6 is 0 Å². The summed E-state index contributed by atoms with van der Waals surface area (Å²) >= 11 is 0. The van der Waals surface area contributed by atoms with Crippen molar-refractivity contribution in [3.05, 3.63) is 167 Å². The Morgan fingerprint density at radius 1 is 0.655 bits per heavy atom. The van der Waals surface area contributed by atoms with Crippen LogP contribution in [0, 0.1) is 30.2 Å². The van der Waals surface area contributed by atoms with Crippen LogP contribution in [0.3, 0.4) is 0 Å². The first-order valence-electron chi connectivity index (χ1n) is 17.1. The second-order valence-electron chi connectivity index (χ2n) is 12.6. The van der Waals surface area contributed by atoms with Gasteiger partial charge in [-0.05, 0) is 67.3 Å². The van der Waals surface area contributed by atoms with Crippen LogP contribution in [-0.4, -0.2) is 54.7 Å². The van der Waals surface area contributed by atoms with Crippen LogP contribution in [0.1, 0.15) is 50.9 Å². The number of hydrogen-bond acceptors (Lipinski definition) is 8. The standard InChI is InChI=1S/C24H22F2N4O.C17H12F2N4O/c1-16-10-11-30(14-17-6-3-2-4-7-17)15-18(16)21-12-28-22(13-27-21)29-24(31)23-19(25)8-5-9-20(23)26;1-10-5-6-20-7-11(10)14-8-22-15(9-21-14)23-17(24)16-12(18)3-2-4-13(16)19/h2-9,12-13H,10-11,14-15H2,1H3,(H,28,29,31);2-9H,1H3,(H,22,23,24). The van der Waals surface area contributed by atoms with E-state index in [1.165, 1.54) is 41.9 Å². The molecule has 2 N–H and O–H groups in total. The van der Waals surface area contributed by atoms with Gasteiger partial charge in [0.2, 0.25) is 0 Å². The number of aryl methyl sites for hydroxylation is 1. The first kappa shape index (κ1) is 38.1. The third-order valence-electron chi connectivity index (χ3n) is 8.74. The van der Waals surface area contributed by atoms with Crippen molar-refractivity contribution in [3.63, 3.8) is 0 Å². The molecule has 0 saturated carbocycles. The summed E-state index contributed by atoms with van der Waals surface area (Å²) in [5, 5.41) is 4.73. The van der Waals surface area contributed by atoms with E-state index in [-0.39, 0.29) is 11.6 Å². The monoisotopic (exact) mass is 746 g/mol. The summed E-state index contributed by atoms with van der Waals surface area (Å²) in [5.74, 6) is -5.34. The number of nitrogens with one attached hydrogen (secondary N) is 2. The first-order chi connectivity index (χ1) is 26.6. The predicted molar refractivity (Wildman–Crippen MR) is 200 cm³/mol. The molecule has 0 unspecified atom stereocenters. The Balaban J connectivity index is 0.000000193. The number of hydrogen-bond donors (Lipinski definition) is 2. The van der Waals surface area contributed by atoms with Crippen molar-refractivity contribution in [2.24, 2.45) is 0 Å². The summed E-state index contributed by atoms with van der Waals surface area (Å²) in [7, 11) is 0. The van der Waals surface area contributed by atoms with Gasteiger partial charge in [0.05, 0.1) is 36.2 Å². The maximum absolute atomic E-state index is 13.8. The number of anilines is 2. The van der Waals surface area contributed by atoms with E-state index in [0.717, 1.165) is 72.7 Å². The second-order valence-corrected chi connectivity index (χ2v) is 12.6. The molecule has 3 aromatic heterocycles. The molecule has 0 bridgehead atoms. The summed E-state index contributed by atoms with van der Waals surface area (Å²) in [4.78, 5) is 47.5. The SMILES string of the molecule is CC1=C(c2cnc(NC(=O)c3c(F)cccc3F)cn2)CN(Cc2ccccc2)CC1.Cc1ccncc1-c1cnc(NC(=O)c2c(F)cccc2F)cn1. The molecule has 278 valence electrons. The van der Waals surface area contributed by atoms with Crippen molar-refractivity contribution in [1.29, 1.82) is 0 Å². The highest BCUT2D eigenvalue weighted by Gasteiger charge is 2.21. The van der Waals surface area contributed by atoms with E-state index >= 15 is 0 Å². The topological polar surface area (TPSA) is 126 Å². The summed E-state index contributed by atoms with van der Waals surface area (Å²) < 4.78 is 54.8.